The Morgan fingerprint density at radius 3 is 2.86 bits per heavy atom. The predicted octanol–water partition coefficient (Wildman–Crippen LogP) is 3.90. The van der Waals surface area contributed by atoms with Crippen molar-refractivity contribution in [2.24, 2.45) is 10.9 Å². The van der Waals surface area contributed by atoms with E-state index in [4.69, 9.17) is 14.2 Å². The molecule has 29 heavy (non-hydrogen) atoms. The van der Waals surface area contributed by atoms with Gasteiger partial charge in [-0.3, -0.25) is 4.99 Å². The van der Waals surface area contributed by atoms with Gasteiger partial charge in [-0.15, -0.1) is 24.0 Å². The van der Waals surface area contributed by atoms with Gasteiger partial charge in [0.15, 0.2) is 5.96 Å². The number of rotatable bonds is 11. The summed E-state index contributed by atoms with van der Waals surface area (Å²) in [5, 5.41) is 6.72. The molecule has 0 aliphatic carbocycles. The molecule has 2 N–H and O–H groups in total. The number of nitrogens with zero attached hydrogens (tertiary/aromatic N) is 1. The van der Waals surface area contributed by atoms with Crippen LogP contribution < -0.4 is 15.4 Å². The molecule has 2 rings (SSSR count). The van der Waals surface area contributed by atoms with Crippen LogP contribution in [0.2, 0.25) is 0 Å². The second-order valence-corrected chi connectivity index (χ2v) is 7.46. The van der Waals surface area contributed by atoms with E-state index in [1.807, 2.05) is 0 Å². The number of hydrogen-bond acceptors (Lipinski definition) is 4. The van der Waals surface area contributed by atoms with Gasteiger partial charge in [0.2, 0.25) is 0 Å². The highest BCUT2D eigenvalue weighted by molar-refractivity contribution is 14.0. The summed E-state index contributed by atoms with van der Waals surface area (Å²) < 4.78 is 17.2. The van der Waals surface area contributed by atoms with Crippen LogP contribution in [0.15, 0.2) is 23.2 Å². The van der Waals surface area contributed by atoms with Crippen molar-refractivity contribution >= 4 is 29.9 Å². The van der Waals surface area contributed by atoms with E-state index in [-0.39, 0.29) is 30.1 Å². The summed E-state index contributed by atoms with van der Waals surface area (Å²) in [6, 6.07) is 6.34. The van der Waals surface area contributed by atoms with E-state index in [0.717, 1.165) is 69.5 Å². The maximum atomic E-state index is 6.08. The van der Waals surface area contributed by atoms with Crippen molar-refractivity contribution in [3.05, 3.63) is 29.3 Å². The van der Waals surface area contributed by atoms with Crippen LogP contribution in [-0.4, -0.2) is 52.1 Å². The summed E-state index contributed by atoms with van der Waals surface area (Å²) >= 11 is 0. The summed E-state index contributed by atoms with van der Waals surface area (Å²) in [6.45, 7) is 11.1. The summed E-state index contributed by atoms with van der Waals surface area (Å²) in [4.78, 5) is 4.30. The minimum Gasteiger partial charge on any atom is -0.490 e. The number of benzene rings is 1. The van der Waals surface area contributed by atoms with Crippen molar-refractivity contribution in [1.82, 2.24) is 10.6 Å². The largest absolute Gasteiger partial charge is 0.490 e. The van der Waals surface area contributed by atoms with Crippen LogP contribution in [0.1, 0.15) is 44.2 Å². The average Bonchev–Trinajstić information content (AvgIpc) is 3.21. The molecule has 2 atom stereocenters. The van der Waals surface area contributed by atoms with Crippen molar-refractivity contribution < 1.29 is 14.2 Å². The lowest BCUT2D eigenvalue weighted by Crippen LogP contribution is -2.37. The molecule has 6 nitrogen and oxygen atoms in total. The lowest BCUT2D eigenvalue weighted by molar-refractivity contribution is 0.0888. The second kappa shape index (κ2) is 14.8. The number of aryl methyl sites for hydroxylation is 1. The molecule has 1 aromatic rings. The number of guanidine groups is 1. The molecule has 1 aromatic carbocycles. The Balaban J connectivity index is 0.00000420. The van der Waals surface area contributed by atoms with Gasteiger partial charge < -0.3 is 24.8 Å². The first kappa shape index (κ1) is 26.0. The van der Waals surface area contributed by atoms with Crippen LogP contribution in [0.4, 0.5) is 0 Å². The van der Waals surface area contributed by atoms with E-state index >= 15 is 0 Å². The molecule has 7 heteroatoms. The minimum absolute atomic E-state index is 0. The highest BCUT2D eigenvalue weighted by Crippen LogP contribution is 2.22. The fraction of sp³-hybridized carbons (Fsp3) is 0.682. The molecule has 0 saturated carbocycles. The monoisotopic (exact) mass is 519 g/mol. The normalized spacial score (nSPS) is 17.5. The third-order valence-corrected chi connectivity index (χ3v) is 4.93. The van der Waals surface area contributed by atoms with Crippen LogP contribution in [0, 0.1) is 12.8 Å². The van der Waals surface area contributed by atoms with Gasteiger partial charge in [-0.2, -0.15) is 0 Å². The molecule has 1 aliphatic heterocycles. The zero-order valence-electron chi connectivity index (χ0n) is 18.3. The van der Waals surface area contributed by atoms with Crippen molar-refractivity contribution in [2.75, 3.05) is 40.0 Å². The average molecular weight is 519 g/mol. The molecule has 0 aromatic heterocycles. The van der Waals surface area contributed by atoms with Crippen LogP contribution in [-0.2, 0) is 16.0 Å². The van der Waals surface area contributed by atoms with Gasteiger partial charge in [0.25, 0.3) is 0 Å². The van der Waals surface area contributed by atoms with Crippen molar-refractivity contribution in [3.8, 4) is 5.75 Å². The summed E-state index contributed by atoms with van der Waals surface area (Å²) in [5.74, 6) is 2.31. The zero-order valence-corrected chi connectivity index (χ0v) is 20.7. The quantitative estimate of drug-likeness (QED) is 0.201. The van der Waals surface area contributed by atoms with Crippen molar-refractivity contribution in [1.29, 1.82) is 0 Å². The smallest absolute Gasteiger partial charge is 0.191 e. The van der Waals surface area contributed by atoms with Gasteiger partial charge in [-0.05, 0) is 44.7 Å². The summed E-state index contributed by atoms with van der Waals surface area (Å²) in [7, 11) is 1.79. The predicted molar refractivity (Wildman–Crippen MR) is 130 cm³/mol. The highest BCUT2D eigenvalue weighted by Gasteiger charge is 2.15. The maximum absolute atomic E-state index is 6.08. The molecule has 1 heterocycles. The van der Waals surface area contributed by atoms with E-state index in [0.29, 0.717) is 12.5 Å². The maximum Gasteiger partial charge on any atom is 0.191 e. The lowest BCUT2D eigenvalue weighted by Gasteiger charge is -2.18. The van der Waals surface area contributed by atoms with Crippen molar-refractivity contribution in [3.63, 3.8) is 0 Å². The van der Waals surface area contributed by atoms with Gasteiger partial charge in [-0.1, -0.05) is 19.1 Å². The van der Waals surface area contributed by atoms with Crippen LogP contribution in [0.3, 0.4) is 0 Å². The van der Waals surface area contributed by atoms with Gasteiger partial charge in [0.1, 0.15) is 5.75 Å². The number of ether oxygens (including phenoxy) is 3. The first-order valence-electron chi connectivity index (χ1n) is 10.5. The van der Waals surface area contributed by atoms with E-state index in [2.05, 4.69) is 54.6 Å². The molecule has 2 unspecified atom stereocenters. The molecular formula is C22H38IN3O3. The number of nitrogens with one attached hydrogen (secondary N) is 2. The first-order valence-corrected chi connectivity index (χ1v) is 10.5. The Kier molecular flexibility index (Phi) is 13.3. The standard InChI is InChI=1S/C22H37N3O3.HI/c1-5-18(3)28-21-13-17(2)7-8-20(21)14-25-22(23-4)24-10-6-11-26-15-19-9-12-27-16-19;/h7-8,13,18-19H,5-6,9-12,14-16H2,1-4H3,(H2,23,24,25);1H. The molecule has 1 saturated heterocycles. The first-order chi connectivity index (χ1) is 13.6. The number of hydrogen-bond donors (Lipinski definition) is 2. The van der Waals surface area contributed by atoms with E-state index < -0.39 is 0 Å². The summed E-state index contributed by atoms with van der Waals surface area (Å²) in [6.07, 6.45) is 3.26. The number of halogens is 1. The molecular weight excluding hydrogens is 481 g/mol. The Hall–Kier alpha value is -1.06. The SMILES string of the molecule is CCC(C)Oc1cc(C)ccc1CNC(=NC)NCCCOCC1CCOC1.I. The van der Waals surface area contributed by atoms with Crippen LogP contribution >= 0.6 is 24.0 Å². The van der Waals surface area contributed by atoms with Gasteiger partial charge >= 0.3 is 0 Å². The topological polar surface area (TPSA) is 64.1 Å². The third kappa shape index (κ3) is 10.00. The zero-order chi connectivity index (χ0) is 20.2. The van der Waals surface area contributed by atoms with E-state index in [9.17, 15) is 0 Å². The molecule has 1 aliphatic rings. The van der Waals surface area contributed by atoms with Gasteiger partial charge in [0.05, 0.1) is 19.3 Å². The Morgan fingerprint density at radius 1 is 1.34 bits per heavy atom. The highest BCUT2D eigenvalue weighted by atomic mass is 127. The second-order valence-electron chi connectivity index (χ2n) is 7.46. The van der Waals surface area contributed by atoms with Crippen LogP contribution in [0.5, 0.6) is 5.75 Å². The molecule has 166 valence electrons. The van der Waals surface area contributed by atoms with Gasteiger partial charge in [0, 0.05) is 44.8 Å². The lowest BCUT2D eigenvalue weighted by atomic mass is 10.1. The fourth-order valence-electron chi connectivity index (χ4n) is 2.96. The van der Waals surface area contributed by atoms with E-state index in [1.165, 1.54) is 5.56 Å². The molecule has 0 radical (unpaired) electrons. The van der Waals surface area contributed by atoms with Crippen LogP contribution in [0.25, 0.3) is 0 Å². The third-order valence-electron chi connectivity index (χ3n) is 4.93. The fourth-order valence-corrected chi connectivity index (χ4v) is 2.96. The Labute approximate surface area is 193 Å². The minimum atomic E-state index is 0. The van der Waals surface area contributed by atoms with Gasteiger partial charge in [-0.25, -0.2) is 0 Å². The molecule has 0 amide bonds. The van der Waals surface area contributed by atoms with Crippen molar-refractivity contribution in [2.45, 2.75) is 52.7 Å². The molecule has 1 fully saturated rings. The Bertz CT molecular complexity index is 607. The Morgan fingerprint density at radius 2 is 2.17 bits per heavy atom. The summed E-state index contributed by atoms with van der Waals surface area (Å²) in [5.41, 5.74) is 2.34. The molecule has 0 spiro atoms. The number of aliphatic imine (C=N–C) groups is 1. The molecule has 0 bridgehead atoms. The van der Waals surface area contributed by atoms with E-state index in [1.54, 1.807) is 7.05 Å².